The lowest BCUT2D eigenvalue weighted by Gasteiger charge is -2.31. The second kappa shape index (κ2) is 5.63. The zero-order valence-electron chi connectivity index (χ0n) is 12.2. The summed E-state index contributed by atoms with van der Waals surface area (Å²) in [5, 5.41) is 5.93. The lowest BCUT2D eigenvalue weighted by atomic mass is 9.90. The van der Waals surface area contributed by atoms with Crippen molar-refractivity contribution in [3.63, 3.8) is 0 Å². The van der Waals surface area contributed by atoms with Gasteiger partial charge in [0.1, 0.15) is 12.1 Å². The van der Waals surface area contributed by atoms with E-state index in [1.165, 1.54) is 0 Å². The number of piperidine rings is 2. The van der Waals surface area contributed by atoms with E-state index in [1.54, 1.807) is 4.90 Å². The van der Waals surface area contributed by atoms with Gasteiger partial charge in [-0.05, 0) is 38.6 Å². The van der Waals surface area contributed by atoms with Crippen molar-refractivity contribution in [1.29, 1.82) is 0 Å². The summed E-state index contributed by atoms with van der Waals surface area (Å²) >= 11 is 0. The fourth-order valence-electron chi connectivity index (χ4n) is 3.39. The van der Waals surface area contributed by atoms with Crippen LogP contribution in [0.2, 0.25) is 0 Å². The van der Waals surface area contributed by atoms with Crippen molar-refractivity contribution in [2.45, 2.75) is 37.6 Å². The number of likely N-dealkylation sites (tertiary alicyclic amines) is 1. The number of nitrogens with one attached hydrogen (secondary N) is 2. The van der Waals surface area contributed by atoms with Gasteiger partial charge in [-0.3, -0.25) is 14.5 Å². The van der Waals surface area contributed by atoms with E-state index >= 15 is 0 Å². The molecule has 0 aromatic carbocycles. The molecule has 3 fully saturated rings. The predicted molar refractivity (Wildman–Crippen MR) is 75.5 cm³/mol. The Bertz CT molecular complexity index is 453. The summed E-state index contributed by atoms with van der Waals surface area (Å²) in [6.45, 7) is 2.64. The van der Waals surface area contributed by atoms with Crippen molar-refractivity contribution < 1.29 is 14.4 Å². The van der Waals surface area contributed by atoms with Crippen molar-refractivity contribution >= 4 is 17.8 Å². The van der Waals surface area contributed by atoms with Crippen molar-refractivity contribution in [3.8, 4) is 0 Å². The molecular weight excluding hydrogens is 272 g/mol. The first-order valence-electron chi connectivity index (χ1n) is 7.75. The molecule has 0 aromatic heterocycles. The van der Waals surface area contributed by atoms with Crippen LogP contribution in [-0.4, -0.2) is 65.9 Å². The molecule has 1 unspecified atom stereocenters. The molecular formula is C14H22N4O3. The number of urea groups is 1. The zero-order chi connectivity index (χ0) is 14.9. The average molecular weight is 294 g/mol. The molecule has 3 heterocycles. The Kier molecular flexibility index (Phi) is 3.84. The summed E-state index contributed by atoms with van der Waals surface area (Å²) in [6, 6.07) is -0.436. The van der Waals surface area contributed by atoms with Crippen molar-refractivity contribution in [3.05, 3.63) is 0 Å². The van der Waals surface area contributed by atoms with Crippen molar-refractivity contribution in [1.82, 2.24) is 20.4 Å². The lowest BCUT2D eigenvalue weighted by molar-refractivity contribution is -0.139. The highest BCUT2D eigenvalue weighted by atomic mass is 16.2. The molecule has 3 saturated heterocycles. The first kappa shape index (κ1) is 14.3. The number of rotatable bonds is 2. The first-order valence-corrected chi connectivity index (χ1v) is 7.75. The zero-order valence-corrected chi connectivity index (χ0v) is 12.2. The van der Waals surface area contributed by atoms with Crippen molar-refractivity contribution in [2.24, 2.45) is 0 Å². The monoisotopic (exact) mass is 294 g/mol. The Labute approximate surface area is 124 Å². The first-order chi connectivity index (χ1) is 10.1. The maximum atomic E-state index is 12.5. The van der Waals surface area contributed by atoms with E-state index in [1.807, 2.05) is 0 Å². The van der Waals surface area contributed by atoms with E-state index in [2.05, 4.69) is 10.6 Å². The lowest BCUT2D eigenvalue weighted by Crippen LogP contribution is -2.57. The van der Waals surface area contributed by atoms with Crippen LogP contribution in [0, 0.1) is 0 Å². The van der Waals surface area contributed by atoms with Crippen LogP contribution in [0.1, 0.15) is 32.1 Å². The fourth-order valence-corrected chi connectivity index (χ4v) is 3.39. The van der Waals surface area contributed by atoms with E-state index in [0.717, 1.165) is 50.2 Å². The van der Waals surface area contributed by atoms with Gasteiger partial charge in [-0.15, -0.1) is 0 Å². The molecule has 7 nitrogen and oxygen atoms in total. The minimum atomic E-state index is -0.836. The second-order valence-electron chi connectivity index (χ2n) is 6.13. The van der Waals surface area contributed by atoms with Gasteiger partial charge in [-0.2, -0.15) is 0 Å². The molecule has 7 heteroatoms. The van der Waals surface area contributed by atoms with E-state index in [0.29, 0.717) is 13.0 Å². The molecule has 4 amide bonds. The largest absolute Gasteiger partial charge is 0.341 e. The van der Waals surface area contributed by atoms with Crippen LogP contribution < -0.4 is 10.6 Å². The molecule has 3 aliphatic heterocycles. The number of nitrogens with zero attached hydrogens (tertiary/aromatic N) is 2. The van der Waals surface area contributed by atoms with Crippen LogP contribution in [0.15, 0.2) is 0 Å². The van der Waals surface area contributed by atoms with Crippen LogP contribution in [0.4, 0.5) is 4.79 Å². The molecule has 116 valence electrons. The molecule has 0 radical (unpaired) electrons. The molecule has 21 heavy (non-hydrogen) atoms. The van der Waals surface area contributed by atoms with Crippen LogP contribution in [0.5, 0.6) is 0 Å². The van der Waals surface area contributed by atoms with E-state index < -0.39 is 11.6 Å². The third kappa shape index (κ3) is 2.62. The van der Waals surface area contributed by atoms with Gasteiger partial charge < -0.3 is 15.5 Å². The van der Waals surface area contributed by atoms with Gasteiger partial charge in [0.05, 0.1) is 0 Å². The number of hydrogen-bond acceptors (Lipinski definition) is 4. The smallest absolute Gasteiger partial charge is 0.325 e. The number of carbonyl (C=O) groups is 3. The summed E-state index contributed by atoms with van der Waals surface area (Å²) in [4.78, 5) is 39.7. The summed E-state index contributed by atoms with van der Waals surface area (Å²) in [7, 11) is 0. The van der Waals surface area contributed by atoms with Gasteiger partial charge in [0, 0.05) is 19.6 Å². The van der Waals surface area contributed by atoms with Crippen LogP contribution >= 0.6 is 0 Å². The Morgan fingerprint density at radius 2 is 1.90 bits per heavy atom. The Hall–Kier alpha value is -1.63. The topological polar surface area (TPSA) is 81.8 Å². The number of carbonyl (C=O) groups excluding carboxylic acids is 3. The van der Waals surface area contributed by atoms with Gasteiger partial charge in [-0.1, -0.05) is 0 Å². The molecule has 2 N–H and O–H groups in total. The van der Waals surface area contributed by atoms with Gasteiger partial charge in [-0.25, -0.2) is 4.79 Å². The SMILES string of the molecule is O=C(CN1C(=O)NC2(CCCNC2)C1=O)N1CCCCC1. The van der Waals surface area contributed by atoms with Crippen LogP contribution in [-0.2, 0) is 9.59 Å². The molecule has 3 aliphatic rings. The van der Waals surface area contributed by atoms with Gasteiger partial charge in [0.15, 0.2) is 0 Å². The van der Waals surface area contributed by atoms with E-state index in [-0.39, 0.29) is 18.4 Å². The molecule has 1 spiro atoms. The third-order valence-corrected chi connectivity index (χ3v) is 4.63. The van der Waals surface area contributed by atoms with Gasteiger partial charge >= 0.3 is 6.03 Å². The molecule has 0 aliphatic carbocycles. The van der Waals surface area contributed by atoms with Crippen LogP contribution in [0.25, 0.3) is 0 Å². The highest BCUT2D eigenvalue weighted by molar-refractivity contribution is 6.09. The average Bonchev–Trinajstić information content (AvgIpc) is 2.73. The predicted octanol–water partition coefficient (Wildman–Crippen LogP) is -0.327. The summed E-state index contributed by atoms with van der Waals surface area (Å²) in [6.07, 6.45) is 4.63. The van der Waals surface area contributed by atoms with Gasteiger partial charge in [0.25, 0.3) is 5.91 Å². The van der Waals surface area contributed by atoms with Gasteiger partial charge in [0.2, 0.25) is 5.91 Å². The maximum absolute atomic E-state index is 12.5. The second-order valence-corrected chi connectivity index (χ2v) is 6.13. The van der Waals surface area contributed by atoms with Crippen molar-refractivity contribution in [2.75, 3.05) is 32.7 Å². The number of amides is 4. The quantitative estimate of drug-likeness (QED) is 0.684. The van der Waals surface area contributed by atoms with E-state index in [9.17, 15) is 14.4 Å². The Balaban J connectivity index is 1.66. The summed E-state index contributed by atoms with van der Waals surface area (Å²) in [5.74, 6) is -0.385. The maximum Gasteiger partial charge on any atom is 0.325 e. The minimum Gasteiger partial charge on any atom is -0.341 e. The minimum absolute atomic E-state index is 0.126. The van der Waals surface area contributed by atoms with E-state index in [4.69, 9.17) is 0 Å². The van der Waals surface area contributed by atoms with Crippen LogP contribution in [0.3, 0.4) is 0 Å². The number of imide groups is 1. The third-order valence-electron chi connectivity index (χ3n) is 4.63. The highest BCUT2D eigenvalue weighted by Gasteiger charge is 2.52. The summed E-state index contributed by atoms with van der Waals surface area (Å²) in [5.41, 5.74) is -0.836. The Morgan fingerprint density at radius 3 is 2.57 bits per heavy atom. The molecule has 3 rings (SSSR count). The molecule has 0 aromatic rings. The molecule has 1 atom stereocenters. The summed E-state index contributed by atoms with van der Waals surface area (Å²) < 4.78 is 0. The highest BCUT2D eigenvalue weighted by Crippen LogP contribution is 2.25. The number of hydrogen-bond donors (Lipinski definition) is 2. The molecule has 0 bridgehead atoms. The Morgan fingerprint density at radius 1 is 1.14 bits per heavy atom. The molecule has 0 saturated carbocycles. The standard InChI is InChI=1S/C14H22N4O3/c19-11(17-7-2-1-3-8-17)9-18-12(20)14(16-13(18)21)5-4-6-15-10-14/h15H,1-10H2,(H,16,21). The fraction of sp³-hybridized carbons (Fsp3) is 0.786. The normalized spacial score (nSPS) is 29.9.